The first-order valence-electron chi connectivity index (χ1n) is 11.5. The maximum Gasteiger partial charge on any atom is 0.282 e. The fourth-order valence-electron chi connectivity index (χ4n) is 4.19. The van der Waals surface area contributed by atoms with Gasteiger partial charge in [0.2, 0.25) is 0 Å². The van der Waals surface area contributed by atoms with E-state index in [-0.39, 0.29) is 11.5 Å². The molecule has 7 heteroatoms. The van der Waals surface area contributed by atoms with Gasteiger partial charge >= 0.3 is 0 Å². The Kier molecular flexibility index (Phi) is 6.58. The molecule has 0 spiro atoms. The second-order valence-electron chi connectivity index (χ2n) is 8.66. The van der Waals surface area contributed by atoms with Gasteiger partial charge in [-0.25, -0.2) is 4.98 Å². The van der Waals surface area contributed by atoms with E-state index >= 15 is 0 Å². The Bertz CT molecular complexity index is 1620. The first-order valence-corrected chi connectivity index (χ1v) is 12.7. The molecule has 0 radical (unpaired) electrons. The third kappa shape index (κ3) is 4.68. The lowest BCUT2D eigenvalue weighted by Crippen LogP contribution is -2.23. The Morgan fingerprint density at radius 1 is 1.09 bits per heavy atom. The zero-order valence-electron chi connectivity index (χ0n) is 19.5. The smallest absolute Gasteiger partial charge is 0.282 e. The van der Waals surface area contributed by atoms with Crippen LogP contribution in [0.5, 0.6) is 0 Å². The number of aromatic nitrogens is 3. The molecule has 2 aromatic heterocycles. The van der Waals surface area contributed by atoms with Crippen LogP contribution < -0.4 is 5.56 Å². The van der Waals surface area contributed by atoms with E-state index in [1.165, 1.54) is 4.68 Å². The first-order chi connectivity index (χ1) is 16.9. The molecule has 5 aromatic rings. The lowest BCUT2D eigenvalue weighted by Gasteiger charge is -2.13. The fraction of sp³-hybridized carbons (Fsp3) is 0.179. The highest BCUT2D eigenvalue weighted by molar-refractivity contribution is 9.10. The molecule has 5 nitrogen and oxygen atoms in total. The summed E-state index contributed by atoms with van der Waals surface area (Å²) in [5.74, 6) is 0.743. The highest BCUT2D eigenvalue weighted by Crippen LogP contribution is 2.23. The second-order valence-corrected chi connectivity index (χ2v) is 10.0. The van der Waals surface area contributed by atoms with Gasteiger partial charge in [0.1, 0.15) is 5.82 Å². The summed E-state index contributed by atoms with van der Waals surface area (Å²) in [6.07, 6.45) is 4.69. The summed E-state index contributed by atoms with van der Waals surface area (Å²) >= 11 is 9.52. The average Bonchev–Trinajstić information content (AvgIpc) is 3.22. The Morgan fingerprint density at radius 3 is 2.63 bits per heavy atom. The zero-order valence-corrected chi connectivity index (χ0v) is 21.8. The molecule has 0 saturated heterocycles. The van der Waals surface area contributed by atoms with E-state index in [9.17, 15) is 4.79 Å². The number of nitrogens with zero attached hydrogens (tertiary/aromatic N) is 4. The van der Waals surface area contributed by atoms with Crippen LogP contribution in [0.1, 0.15) is 43.1 Å². The van der Waals surface area contributed by atoms with Gasteiger partial charge in [-0.3, -0.25) is 4.79 Å². The number of hydrogen-bond acceptors (Lipinski definition) is 3. The molecular weight excluding hydrogens is 524 g/mol. The van der Waals surface area contributed by atoms with Crippen molar-refractivity contribution in [2.24, 2.45) is 5.10 Å². The van der Waals surface area contributed by atoms with Crippen LogP contribution in [0.25, 0.3) is 21.8 Å². The quantitative estimate of drug-likeness (QED) is 0.211. The summed E-state index contributed by atoms with van der Waals surface area (Å²) in [5.41, 5.74) is 3.69. The van der Waals surface area contributed by atoms with E-state index in [1.807, 2.05) is 48.5 Å². The van der Waals surface area contributed by atoms with Crippen LogP contribution >= 0.6 is 27.5 Å². The molecule has 35 heavy (non-hydrogen) atoms. The van der Waals surface area contributed by atoms with Gasteiger partial charge in [-0.1, -0.05) is 71.7 Å². The summed E-state index contributed by atoms with van der Waals surface area (Å²) in [5, 5.41) is 7.00. The van der Waals surface area contributed by atoms with Crippen LogP contribution in [0, 0.1) is 0 Å². The molecule has 0 aliphatic carbocycles. The Hall–Kier alpha value is -3.22. The first kappa shape index (κ1) is 23.5. The number of para-hydroxylation sites is 1. The van der Waals surface area contributed by atoms with E-state index in [0.717, 1.165) is 37.9 Å². The number of rotatable bonds is 6. The summed E-state index contributed by atoms with van der Waals surface area (Å²) < 4.78 is 4.48. The third-order valence-electron chi connectivity index (χ3n) is 6.28. The molecule has 3 aromatic carbocycles. The summed E-state index contributed by atoms with van der Waals surface area (Å²) in [7, 11) is 0. The molecule has 176 valence electrons. The predicted octanol–water partition coefficient (Wildman–Crippen LogP) is 7.21. The zero-order chi connectivity index (χ0) is 24.5. The second kappa shape index (κ2) is 9.80. The molecule has 1 atom stereocenters. The summed E-state index contributed by atoms with van der Waals surface area (Å²) in [4.78, 5) is 18.3. The van der Waals surface area contributed by atoms with Crippen molar-refractivity contribution in [1.82, 2.24) is 14.2 Å². The van der Waals surface area contributed by atoms with Gasteiger partial charge < -0.3 is 4.57 Å². The van der Waals surface area contributed by atoms with Gasteiger partial charge in [0.05, 0.1) is 17.1 Å². The largest absolute Gasteiger partial charge is 0.342 e. The van der Waals surface area contributed by atoms with E-state index in [4.69, 9.17) is 16.6 Å². The van der Waals surface area contributed by atoms with E-state index < -0.39 is 0 Å². The monoisotopic (exact) mass is 546 g/mol. The molecule has 0 bridgehead atoms. The van der Waals surface area contributed by atoms with Gasteiger partial charge in [-0.15, -0.1) is 0 Å². The highest BCUT2D eigenvalue weighted by atomic mass is 79.9. The number of benzene rings is 3. The SMILES string of the molecule is CC[C@@H](C)c1nc2ccc(Br)cc2c(=O)n1N=Cc1cn(Cc2ccc(Cl)cc2)c2ccccc12. The van der Waals surface area contributed by atoms with Gasteiger partial charge in [0, 0.05) is 44.6 Å². The minimum absolute atomic E-state index is 0.0825. The van der Waals surface area contributed by atoms with E-state index in [2.05, 4.69) is 57.8 Å². The van der Waals surface area contributed by atoms with Crippen molar-refractivity contribution in [1.29, 1.82) is 0 Å². The molecule has 0 N–H and O–H groups in total. The maximum absolute atomic E-state index is 13.5. The molecule has 5 rings (SSSR count). The average molecular weight is 548 g/mol. The van der Waals surface area contributed by atoms with Crippen molar-refractivity contribution in [3.05, 3.63) is 110 Å². The van der Waals surface area contributed by atoms with Crippen LogP contribution in [-0.4, -0.2) is 20.4 Å². The van der Waals surface area contributed by atoms with Gasteiger partial charge in [-0.05, 0) is 48.4 Å². The van der Waals surface area contributed by atoms with Crippen molar-refractivity contribution in [3.8, 4) is 0 Å². The highest BCUT2D eigenvalue weighted by Gasteiger charge is 2.16. The Labute approximate surface area is 216 Å². The van der Waals surface area contributed by atoms with E-state index in [1.54, 1.807) is 12.3 Å². The van der Waals surface area contributed by atoms with Crippen LogP contribution in [0.2, 0.25) is 5.02 Å². The Balaban J connectivity index is 1.61. The summed E-state index contributed by atoms with van der Waals surface area (Å²) in [6, 6.07) is 21.6. The molecular formula is C28H24BrClN4O. The standard InChI is InChI=1S/C28H24BrClN4O/c1-3-18(2)27-32-25-13-10-21(29)14-24(25)28(35)34(27)31-15-20-17-33(26-7-5-4-6-23(20)26)16-19-8-11-22(30)12-9-19/h4-15,17-18H,3,16H2,1-2H3/t18-/m1/s1. The number of hydrogen-bond donors (Lipinski definition) is 0. The molecule has 2 heterocycles. The van der Waals surface area contributed by atoms with Crippen molar-refractivity contribution >= 4 is 55.6 Å². The van der Waals surface area contributed by atoms with Crippen molar-refractivity contribution < 1.29 is 0 Å². The molecule has 0 amide bonds. The van der Waals surface area contributed by atoms with Crippen molar-refractivity contribution in [2.45, 2.75) is 32.7 Å². The van der Waals surface area contributed by atoms with E-state index in [0.29, 0.717) is 23.3 Å². The summed E-state index contributed by atoms with van der Waals surface area (Å²) in [6.45, 7) is 4.85. The van der Waals surface area contributed by atoms with Crippen LogP contribution in [0.3, 0.4) is 0 Å². The topological polar surface area (TPSA) is 52.2 Å². The van der Waals surface area contributed by atoms with Crippen molar-refractivity contribution in [2.75, 3.05) is 0 Å². The lowest BCUT2D eigenvalue weighted by atomic mass is 10.1. The number of fused-ring (bicyclic) bond motifs is 2. The molecule has 0 aliphatic heterocycles. The minimum Gasteiger partial charge on any atom is -0.342 e. The van der Waals surface area contributed by atoms with Gasteiger partial charge in [0.25, 0.3) is 5.56 Å². The minimum atomic E-state index is -0.173. The molecule has 0 saturated carbocycles. The fourth-order valence-corrected chi connectivity index (χ4v) is 4.68. The maximum atomic E-state index is 13.5. The lowest BCUT2D eigenvalue weighted by molar-refractivity contribution is 0.613. The normalized spacial score (nSPS) is 12.7. The molecule has 0 unspecified atom stereocenters. The third-order valence-corrected chi connectivity index (χ3v) is 7.03. The predicted molar refractivity (Wildman–Crippen MR) is 148 cm³/mol. The molecule has 0 aliphatic rings. The van der Waals surface area contributed by atoms with Crippen LogP contribution in [0.15, 0.2) is 87.3 Å². The Morgan fingerprint density at radius 2 is 1.86 bits per heavy atom. The molecule has 0 fully saturated rings. The van der Waals surface area contributed by atoms with Crippen LogP contribution in [0.4, 0.5) is 0 Å². The van der Waals surface area contributed by atoms with Gasteiger partial charge in [-0.2, -0.15) is 9.78 Å². The number of halogens is 2. The van der Waals surface area contributed by atoms with Gasteiger partial charge in [0.15, 0.2) is 0 Å². The van der Waals surface area contributed by atoms with Crippen LogP contribution in [-0.2, 0) is 6.54 Å². The van der Waals surface area contributed by atoms with Crippen molar-refractivity contribution in [3.63, 3.8) is 0 Å².